The van der Waals surface area contributed by atoms with Crippen LogP contribution in [0.2, 0.25) is 10.0 Å². The van der Waals surface area contributed by atoms with E-state index in [1.165, 1.54) is 0 Å². The van der Waals surface area contributed by atoms with E-state index in [-0.39, 0.29) is 17.7 Å². The van der Waals surface area contributed by atoms with Gasteiger partial charge in [0.15, 0.2) is 11.6 Å². The Morgan fingerprint density at radius 2 is 1.27 bits per heavy atom. The van der Waals surface area contributed by atoms with Gasteiger partial charge in [0.05, 0.1) is 27.7 Å². The van der Waals surface area contributed by atoms with E-state index in [9.17, 15) is 9.59 Å². The summed E-state index contributed by atoms with van der Waals surface area (Å²) in [6, 6.07) is 14.9. The fourth-order valence-electron chi connectivity index (χ4n) is 5.55. The molecule has 0 unspecified atom stereocenters. The molecule has 0 fully saturated rings. The Balaban J connectivity index is 0.000000191. The summed E-state index contributed by atoms with van der Waals surface area (Å²) in [7, 11) is 3.79. The maximum atomic E-state index is 12.5. The van der Waals surface area contributed by atoms with Gasteiger partial charge in [-0.15, -0.1) is 0 Å². The number of hydrogen-bond acceptors (Lipinski definition) is 9. The van der Waals surface area contributed by atoms with Crippen LogP contribution in [0.3, 0.4) is 0 Å². The van der Waals surface area contributed by atoms with Crippen LogP contribution in [0, 0.1) is 0 Å². The van der Waals surface area contributed by atoms with Gasteiger partial charge in [-0.05, 0) is 75.7 Å². The highest BCUT2D eigenvalue weighted by Gasteiger charge is 2.15. The number of ketones is 2. The monoisotopic (exact) mass is 737 g/mol. The van der Waals surface area contributed by atoms with Gasteiger partial charge in [0, 0.05) is 74.1 Å². The molecule has 0 spiro atoms. The van der Waals surface area contributed by atoms with Crippen molar-refractivity contribution in [3.8, 4) is 0 Å². The van der Waals surface area contributed by atoms with Crippen molar-refractivity contribution in [2.75, 3.05) is 56.7 Å². The van der Waals surface area contributed by atoms with E-state index >= 15 is 0 Å². The summed E-state index contributed by atoms with van der Waals surface area (Å²) >= 11 is 15.9. The zero-order valence-corrected chi connectivity index (χ0v) is 31.2. The molecule has 0 atom stereocenters. The highest BCUT2D eigenvalue weighted by Crippen LogP contribution is 2.32. The quantitative estimate of drug-likeness (QED) is 0.0478. The Labute approximate surface area is 304 Å². The maximum absolute atomic E-state index is 12.5. The van der Waals surface area contributed by atoms with Crippen molar-refractivity contribution in [2.24, 2.45) is 0 Å². The Kier molecular flexibility index (Phi) is 13.4. The minimum Gasteiger partial charge on any atom is -0.339 e. The Hall–Kier alpha value is -3.16. The summed E-state index contributed by atoms with van der Waals surface area (Å²) < 4.78 is 0. The lowest BCUT2D eigenvalue weighted by Gasteiger charge is -2.17. The van der Waals surface area contributed by atoms with Crippen molar-refractivity contribution < 1.29 is 9.59 Å². The summed E-state index contributed by atoms with van der Waals surface area (Å²) in [4.78, 5) is 42.4. The van der Waals surface area contributed by atoms with Crippen LogP contribution in [0.15, 0.2) is 60.9 Å². The number of rotatable bonds is 15. The van der Waals surface area contributed by atoms with Gasteiger partial charge in [0.1, 0.15) is 11.3 Å². The number of fused-ring (bicyclic) bond motifs is 6. The molecule has 6 rings (SSSR count). The van der Waals surface area contributed by atoms with Gasteiger partial charge in [0.25, 0.3) is 0 Å². The van der Waals surface area contributed by atoms with Crippen molar-refractivity contribution in [2.45, 2.75) is 20.0 Å². The number of carbonyl (C=O) groups is 2. The molecule has 13 heteroatoms. The van der Waals surface area contributed by atoms with Crippen LogP contribution in [0.5, 0.6) is 0 Å². The first kappa shape index (κ1) is 37.1. The third kappa shape index (κ3) is 8.96. The molecule has 4 heterocycles. The number of H-pyrrole nitrogens is 2. The average Bonchev–Trinajstić information content (AvgIpc) is 3.69. The van der Waals surface area contributed by atoms with E-state index in [1.54, 1.807) is 48.1 Å². The number of pyridine rings is 2. The third-order valence-corrected chi connectivity index (χ3v) is 11.0. The molecule has 4 aromatic heterocycles. The van der Waals surface area contributed by atoms with Crippen molar-refractivity contribution in [3.63, 3.8) is 0 Å². The number of nitrogens with one attached hydrogen (secondary N) is 4. The number of carbonyl (C=O) groups excluding carboxylic acids is 2. The first-order chi connectivity index (χ1) is 23.8. The summed E-state index contributed by atoms with van der Waals surface area (Å²) in [6.45, 7) is 7.45. The van der Waals surface area contributed by atoms with E-state index < -0.39 is 0 Å². The molecule has 2 aromatic carbocycles. The summed E-state index contributed by atoms with van der Waals surface area (Å²) in [5.41, 5.74) is 4.79. The van der Waals surface area contributed by atoms with Crippen molar-refractivity contribution in [1.29, 1.82) is 0 Å². The molecule has 6 aromatic rings. The molecular weight excluding hydrogens is 697 g/mol. The van der Waals surface area contributed by atoms with E-state index in [0.717, 1.165) is 80.6 Å². The van der Waals surface area contributed by atoms with Gasteiger partial charge in [-0.2, -0.15) is 23.5 Å². The Morgan fingerprint density at radius 1 is 0.776 bits per heavy atom. The molecule has 0 aliphatic carbocycles. The normalized spacial score (nSPS) is 11.7. The van der Waals surface area contributed by atoms with E-state index in [4.69, 9.17) is 23.2 Å². The zero-order chi connectivity index (χ0) is 34.9. The molecule has 4 N–H and O–H groups in total. The van der Waals surface area contributed by atoms with Gasteiger partial charge in [-0.3, -0.25) is 9.59 Å². The molecule has 258 valence electrons. The van der Waals surface area contributed by atoms with E-state index in [1.807, 2.05) is 50.5 Å². The maximum Gasteiger partial charge on any atom is 0.172 e. The first-order valence-electron chi connectivity index (χ1n) is 16.2. The largest absolute Gasteiger partial charge is 0.339 e. The molecular formula is C36H41Cl2N7O2S2. The number of aromatic nitrogens is 4. The smallest absolute Gasteiger partial charge is 0.172 e. The minimum absolute atomic E-state index is 0.113. The van der Waals surface area contributed by atoms with Crippen LogP contribution in [0.25, 0.3) is 43.9 Å². The number of thioether (sulfide) groups is 2. The fraction of sp³-hybridized carbons (Fsp3) is 0.333. The summed E-state index contributed by atoms with van der Waals surface area (Å²) in [6.07, 6.45) is 3.55. The van der Waals surface area contributed by atoms with Crippen LogP contribution in [-0.4, -0.2) is 99.3 Å². The second-order valence-corrected chi connectivity index (χ2v) is 14.3. The number of hydrogen-bond donors (Lipinski definition) is 4. The molecule has 0 bridgehead atoms. The highest BCUT2D eigenvalue weighted by molar-refractivity contribution is 8.00. The average molecular weight is 739 g/mol. The SMILES string of the molecule is CCN(CC)CCSCC(=O)c1ccc2[nH]c3nccc(Cl)c3c2c1.CNC(CSCC(=O)c1ccc2[nH]c3nccc(Cl)c3c2c1)NC. The molecule has 9 nitrogen and oxygen atoms in total. The van der Waals surface area contributed by atoms with Gasteiger partial charge in [-0.25, -0.2) is 9.97 Å². The minimum atomic E-state index is 0.113. The second kappa shape index (κ2) is 17.7. The third-order valence-electron chi connectivity index (χ3n) is 8.42. The molecule has 0 radical (unpaired) electrons. The predicted octanol–water partition coefficient (Wildman–Crippen LogP) is 7.68. The summed E-state index contributed by atoms with van der Waals surface area (Å²) in [5, 5.41) is 11.2. The topological polar surface area (TPSA) is 119 Å². The zero-order valence-electron chi connectivity index (χ0n) is 28.0. The number of benzene rings is 2. The van der Waals surface area contributed by atoms with Crippen LogP contribution >= 0.6 is 46.7 Å². The van der Waals surface area contributed by atoms with E-state index in [2.05, 4.69) is 49.3 Å². The number of Topliss-reactive ketones (excluding diaryl/α,β-unsaturated/α-hetero) is 2. The number of nitrogens with zero attached hydrogens (tertiary/aromatic N) is 3. The molecule has 0 saturated carbocycles. The molecule has 49 heavy (non-hydrogen) atoms. The number of halogens is 2. The lowest BCUT2D eigenvalue weighted by molar-refractivity contribution is 0.101. The predicted molar refractivity (Wildman–Crippen MR) is 210 cm³/mol. The standard InChI is InChI=1S/C19H22ClN3OS.C17H19ClN4OS/c1-3-23(4-2)9-10-25-12-17(24)13-5-6-16-14(11-13)18-15(20)7-8-21-19(18)22-16;1-19-15(20-2)9-24-8-14(23)10-3-4-13-11(7-10)16-12(18)5-6-21-17(16)22-13/h5-8,11H,3-4,9-10,12H2,1-2H3,(H,21,22);3-7,15,19-20H,8-9H2,1-2H3,(H,21,22). The van der Waals surface area contributed by atoms with Crippen LogP contribution < -0.4 is 10.6 Å². The molecule has 0 aliphatic rings. The van der Waals surface area contributed by atoms with E-state index in [0.29, 0.717) is 27.1 Å². The summed E-state index contributed by atoms with van der Waals surface area (Å²) in [5.74, 6) is 3.01. The lowest BCUT2D eigenvalue weighted by atomic mass is 10.1. The number of aromatic amines is 2. The first-order valence-corrected chi connectivity index (χ1v) is 19.2. The van der Waals surface area contributed by atoms with Crippen molar-refractivity contribution in [3.05, 3.63) is 82.1 Å². The van der Waals surface area contributed by atoms with Gasteiger partial charge < -0.3 is 25.5 Å². The Bertz CT molecular complexity index is 2060. The van der Waals surface area contributed by atoms with Gasteiger partial charge in [0.2, 0.25) is 0 Å². The fourth-order valence-corrected chi connectivity index (χ4v) is 7.96. The molecule has 0 aliphatic heterocycles. The van der Waals surface area contributed by atoms with Crippen molar-refractivity contribution >= 4 is 102 Å². The van der Waals surface area contributed by atoms with Gasteiger partial charge in [-0.1, -0.05) is 37.0 Å². The molecule has 0 amide bonds. The second-order valence-electron chi connectivity index (χ2n) is 11.4. The van der Waals surface area contributed by atoms with Crippen LogP contribution in [-0.2, 0) is 0 Å². The van der Waals surface area contributed by atoms with Crippen molar-refractivity contribution in [1.82, 2.24) is 35.5 Å². The van der Waals surface area contributed by atoms with Crippen LogP contribution in [0.1, 0.15) is 34.6 Å². The van der Waals surface area contributed by atoms with Gasteiger partial charge >= 0.3 is 0 Å². The highest BCUT2D eigenvalue weighted by atomic mass is 35.5. The lowest BCUT2D eigenvalue weighted by Crippen LogP contribution is -2.39. The Morgan fingerprint density at radius 3 is 1.73 bits per heavy atom. The van der Waals surface area contributed by atoms with Crippen LogP contribution in [0.4, 0.5) is 0 Å². The molecule has 0 saturated heterocycles.